The highest BCUT2D eigenvalue weighted by molar-refractivity contribution is 5.93. The molecular weight excluding hydrogens is 306 g/mol. The summed E-state index contributed by atoms with van der Waals surface area (Å²) in [6, 6.07) is 7.40. The van der Waals surface area contributed by atoms with Crippen molar-refractivity contribution in [2.24, 2.45) is 0 Å². The van der Waals surface area contributed by atoms with Crippen molar-refractivity contribution in [2.75, 3.05) is 32.1 Å². The molecule has 0 N–H and O–H groups in total. The monoisotopic (exact) mass is 329 g/mol. The van der Waals surface area contributed by atoms with Gasteiger partial charge in [-0.1, -0.05) is 0 Å². The van der Waals surface area contributed by atoms with Crippen LogP contribution in [0.4, 0.5) is 5.69 Å². The molecule has 1 aliphatic heterocycles. The molecule has 0 aromatic carbocycles. The normalized spacial score (nSPS) is 17.0. The lowest BCUT2D eigenvalue weighted by molar-refractivity contribution is 0.0487. The molecule has 1 atom stereocenters. The van der Waals surface area contributed by atoms with E-state index in [0.717, 1.165) is 30.9 Å². The molecule has 0 bridgehead atoms. The van der Waals surface area contributed by atoms with Crippen molar-refractivity contribution < 1.29 is 13.9 Å². The standard InChI is InChI=1S/C18H23N3O3/c1-20(2)14-7-8-19-17(11-14)18(22)21(12-15-5-3-9-23-15)13-16-6-4-10-24-16/h3,5,7-9,11,16H,4,6,10,12-13H2,1-2H3/t16-/m0/s1. The summed E-state index contributed by atoms with van der Waals surface area (Å²) in [7, 11) is 3.88. The SMILES string of the molecule is CN(C)c1ccnc(C(=O)N(Cc2ccco2)C[C@@H]2CCCO2)c1. The van der Waals surface area contributed by atoms with Gasteiger partial charge in [-0.2, -0.15) is 0 Å². The molecule has 0 aliphatic carbocycles. The van der Waals surface area contributed by atoms with Gasteiger partial charge in [-0.05, 0) is 37.1 Å². The number of furan rings is 1. The van der Waals surface area contributed by atoms with Gasteiger partial charge >= 0.3 is 0 Å². The minimum absolute atomic E-state index is 0.0842. The fourth-order valence-electron chi connectivity index (χ4n) is 2.82. The summed E-state index contributed by atoms with van der Waals surface area (Å²) in [6.45, 7) is 1.73. The Morgan fingerprint density at radius 3 is 2.92 bits per heavy atom. The third kappa shape index (κ3) is 3.94. The summed E-state index contributed by atoms with van der Waals surface area (Å²) in [5, 5.41) is 0. The maximum Gasteiger partial charge on any atom is 0.273 e. The average molecular weight is 329 g/mol. The lowest BCUT2D eigenvalue weighted by atomic mass is 10.2. The second-order valence-corrected chi connectivity index (χ2v) is 6.19. The van der Waals surface area contributed by atoms with E-state index in [9.17, 15) is 4.79 Å². The molecular formula is C18H23N3O3. The molecule has 3 rings (SSSR count). The van der Waals surface area contributed by atoms with Gasteiger partial charge in [-0.25, -0.2) is 0 Å². The Kier molecular flexibility index (Phi) is 5.15. The molecule has 3 heterocycles. The predicted octanol–water partition coefficient (Wildman–Crippen LogP) is 2.56. The van der Waals surface area contributed by atoms with Gasteiger partial charge in [-0.15, -0.1) is 0 Å². The van der Waals surface area contributed by atoms with Gasteiger partial charge < -0.3 is 19.0 Å². The first-order valence-electron chi connectivity index (χ1n) is 8.20. The Balaban J connectivity index is 1.80. The van der Waals surface area contributed by atoms with Gasteiger partial charge in [-0.3, -0.25) is 9.78 Å². The Bertz CT molecular complexity index is 664. The topological polar surface area (TPSA) is 58.8 Å². The highest BCUT2D eigenvalue weighted by atomic mass is 16.5. The summed E-state index contributed by atoms with van der Waals surface area (Å²) in [5.74, 6) is 0.649. The zero-order valence-electron chi connectivity index (χ0n) is 14.1. The number of rotatable bonds is 6. The molecule has 2 aromatic heterocycles. The summed E-state index contributed by atoms with van der Waals surface area (Å²) >= 11 is 0. The van der Waals surface area contributed by atoms with Gasteiger partial charge in [0.25, 0.3) is 5.91 Å². The van der Waals surface area contributed by atoms with Crippen molar-refractivity contribution in [3.8, 4) is 0 Å². The van der Waals surface area contributed by atoms with Crippen molar-refractivity contribution in [3.63, 3.8) is 0 Å². The average Bonchev–Trinajstić information content (AvgIpc) is 3.27. The number of hydrogen-bond acceptors (Lipinski definition) is 5. The number of carbonyl (C=O) groups is 1. The second-order valence-electron chi connectivity index (χ2n) is 6.19. The Morgan fingerprint density at radius 1 is 1.38 bits per heavy atom. The van der Waals surface area contributed by atoms with Crippen LogP contribution in [0, 0.1) is 0 Å². The summed E-state index contributed by atoms with van der Waals surface area (Å²) in [4.78, 5) is 21.0. The van der Waals surface area contributed by atoms with E-state index in [4.69, 9.17) is 9.15 Å². The number of carbonyl (C=O) groups excluding carboxylic acids is 1. The number of aromatic nitrogens is 1. The molecule has 1 fully saturated rings. The second kappa shape index (κ2) is 7.49. The van der Waals surface area contributed by atoms with Crippen LogP contribution in [-0.2, 0) is 11.3 Å². The van der Waals surface area contributed by atoms with Crippen molar-refractivity contribution in [3.05, 3.63) is 48.2 Å². The van der Waals surface area contributed by atoms with Gasteiger partial charge in [0, 0.05) is 39.1 Å². The van der Waals surface area contributed by atoms with E-state index in [2.05, 4.69) is 4.98 Å². The van der Waals surface area contributed by atoms with Crippen LogP contribution >= 0.6 is 0 Å². The molecule has 0 saturated carbocycles. The van der Waals surface area contributed by atoms with Crippen LogP contribution in [0.2, 0.25) is 0 Å². The minimum atomic E-state index is -0.106. The van der Waals surface area contributed by atoms with Gasteiger partial charge in [0.15, 0.2) is 0 Å². The van der Waals surface area contributed by atoms with E-state index in [1.54, 1.807) is 17.4 Å². The third-order valence-corrected chi connectivity index (χ3v) is 4.14. The van der Waals surface area contributed by atoms with Gasteiger partial charge in [0.05, 0.1) is 18.9 Å². The summed E-state index contributed by atoms with van der Waals surface area (Å²) in [5.41, 5.74) is 1.38. The molecule has 0 unspecified atom stereocenters. The van der Waals surface area contributed by atoms with Crippen LogP contribution < -0.4 is 4.90 Å². The number of nitrogens with zero attached hydrogens (tertiary/aromatic N) is 3. The largest absolute Gasteiger partial charge is 0.467 e. The quantitative estimate of drug-likeness (QED) is 0.815. The summed E-state index contributed by atoms with van der Waals surface area (Å²) < 4.78 is 11.1. The van der Waals surface area contributed by atoms with E-state index in [1.165, 1.54) is 0 Å². The molecule has 128 valence electrons. The molecule has 0 radical (unpaired) electrons. The van der Waals surface area contributed by atoms with Crippen LogP contribution in [0.5, 0.6) is 0 Å². The molecule has 0 spiro atoms. The van der Waals surface area contributed by atoms with E-state index in [-0.39, 0.29) is 12.0 Å². The smallest absolute Gasteiger partial charge is 0.273 e. The fourth-order valence-corrected chi connectivity index (χ4v) is 2.82. The van der Waals surface area contributed by atoms with Crippen LogP contribution in [0.15, 0.2) is 41.1 Å². The maximum absolute atomic E-state index is 13.0. The molecule has 1 saturated heterocycles. The maximum atomic E-state index is 13.0. The highest BCUT2D eigenvalue weighted by Gasteiger charge is 2.25. The molecule has 1 amide bonds. The van der Waals surface area contributed by atoms with E-state index in [1.807, 2.05) is 43.3 Å². The van der Waals surface area contributed by atoms with Crippen molar-refractivity contribution in [1.82, 2.24) is 9.88 Å². The van der Waals surface area contributed by atoms with E-state index in [0.29, 0.717) is 18.8 Å². The highest BCUT2D eigenvalue weighted by Crippen LogP contribution is 2.18. The van der Waals surface area contributed by atoms with Crippen LogP contribution in [0.3, 0.4) is 0 Å². The van der Waals surface area contributed by atoms with Crippen molar-refractivity contribution >= 4 is 11.6 Å². The number of anilines is 1. The van der Waals surface area contributed by atoms with Gasteiger partial charge in [0.2, 0.25) is 0 Å². The number of amides is 1. The molecule has 6 nitrogen and oxygen atoms in total. The molecule has 24 heavy (non-hydrogen) atoms. The Labute approximate surface area is 142 Å². The number of pyridine rings is 1. The Hall–Kier alpha value is -2.34. The van der Waals surface area contributed by atoms with Crippen molar-refractivity contribution in [1.29, 1.82) is 0 Å². The predicted molar refractivity (Wildman–Crippen MR) is 91.0 cm³/mol. The first-order chi connectivity index (χ1) is 11.6. The van der Waals surface area contributed by atoms with Crippen LogP contribution in [0.1, 0.15) is 29.1 Å². The molecule has 1 aliphatic rings. The fraction of sp³-hybridized carbons (Fsp3) is 0.444. The lowest BCUT2D eigenvalue weighted by Gasteiger charge is -2.24. The first-order valence-corrected chi connectivity index (χ1v) is 8.20. The first kappa shape index (κ1) is 16.5. The molecule has 2 aromatic rings. The summed E-state index contributed by atoms with van der Waals surface area (Å²) in [6.07, 6.45) is 5.39. The lowest BCUT2D eigenvalue weighted by Crippen LogP contribution is -2.37. The van der Waals surface area contributed by atoms with E-state index >= 15 is 0 Å². The van der Waals surface area contributed by atoms with Crippen molar-refractivity contribution in [2.45, 2.75) is 25.5 Å². The van der Waals surface area contributed by atoms with E-state index < -0.39 is 0 Å². The van der Waals surface area contributed by atoms with Crippen LogP contribution in [0.25, 0.3) is 0 Å². The number of hydrogen-bond donors (Lipinski definition) is 0. The zero-order chi connectivity index (χ0) is 16.9. The number of ether oxygens (including phenoxy) is 1. The van der Waals surface area contributed by atoms with Crippen LogP contribution in [-0.4, -0.2) is 49.1 Å². The Morgan fingerprint density at radius 2 is 2.25 bits per heavy atom. The molecule has 6 heteroatoms. The zero-order valence-corrected chi connectivity index (χ0v) is 14.1. The third-order valence-electron chi connectivity index (χ3n) is 4.14. The minimum Gasteiger partial charge on any atom is -0.467 e. The van der Waals surface area contributed by atoms with Gasteiger partial charge in [0.1, 0.15) is 11.5 Å².